The molecule has 1 atom stereocenters. The number of aryl methyl sites for hydroxylation is 1. The molecule has 0 saturated heterocycles. The van der Waals surface area contributed by atoms with Crippen LogP contribution in [0.2, 0.25) is 0 Å². The summed E-state index contributed by atoms with van der Waals surface area (Å²) in [5.41, 5.74) is 0. The van der Waals surface area contributed by atoms with Crippen LogP contribution in [0.15, 0.2) is 15.7 Å². The maximum absolute atomic E-state index is 10.2. The molecule has 4 nitrogen and oxygen atoms in total. The van der Waals surface area contributed by atoms with Gasteiger partial charge in [-0.3, -0.25) is 4.55 Å². The third-order valence-electron chi connectivity index (χ3n) is 0.772. The lowest BCUT2D eigenvalue weighted by Gasteiger charge is -1.80. The Labute approximate surface area is 54.2 Å². The quantitative estimate of drug-likeness (QED) is 0.589. The van der Waals surface area contributed by atoms with Crippen molar-refractivity contribution < 1.29 is 13.2 Å². The van der Waals surface area contributed by atoms with Crippen LogP contribution in [0, 0.1) is 6.92 Å². The van der Waals surface area contributed by atoms with Gasteiger partial charge in [-0.15, -0.1) is 0 Å². The highest BCUT2D eigenvalue weighted by molar-refractivity contribution is 7.79. The van der Waals surface area contributed by atoms with E-state index in [2.05, 4.69) is 9.40 Å². The summed E-state index contributed by atoms with van der Waals surface area (Å²) in [5.74, 6) is 0.396. The number of aromatic nitrogens is 1. The van der Waals surface area contributed by atoms with Crippen LogP contribution >= 0.6 is 0 Å². The second-order valence-corrected chi connectivity index (χ2v) is 2.35. The van der Waals surface area contributed by atoms with E-state index in [-0.39, 0.29) is 5.09 Å². The zero-order chi connectivity index (χ0) is 6.85. The van der Waals surface area contributed by atoms with E-state index in [0.29, 0.717) is 5.89 Å². The van der Waals surface area contributed by atoms with Gasteiger partial charge in [-0.25, -0.2) is 9.19 Å². The average Bonchev–Trinajstić information content (AvgIpc) is 2.14. The molecule has 1 N–H and O–H groups in total. The van der Waals surface area contributed by atoms with Crippen molar-refractivity contribution in [1.29, 1.82) is 0 Å². The molecule has 0 amide bonds. The minimum Gasteiger partial charge on any atom is -0.430 e. The van der Waals surface area contributed by atoms with Crippen molar-refractivity contribution in [2.45, 2.75) is 12.0 Å². The van der Waals surface area contributed by atoms with E-state index < -0.39 is 11.1 Å². The van der Waals surface area contributed by atoms with Crippen molar-refractivity contribution in [2.24, 2.45) is 0 Å². The third-order valence-corrected chi connectivity index (χ3v) is 1.31. The molecule has 1 aromatic rings. The van der Waals surface area contributed by atoms with Crippen LogP contribution in [0.3, 0.4) is 0 Å². The SMILES string of the molecule is Cc1ncc(S(=O)O)o1. The van der Waals surface area contributed by atoms with Crippen LogP contribution in [0.1, 0.15) is 5.89 Å². The highest BCUT2D eigenvalue weighted by Crippen LogP contribution is 2.04. The molecule has 0 bridgehead atoms. The zero-order valence-electron chi connectivity index (χ0n) is 4.70. The van der Waals surface area contributed by atoms with E-state index in [0.717, 1.165) is 0 Å². The molecular weight excluding hydrogens is 142 g/mol. The fraction of sp³-hybridized carbons (Fsp3) is 0.250. The first-order valence-corrected chi connectivity index (χ1v) is 3.34. The molecule has 50 valence electrons. The highest BCUT2D eigenvalue weighted by Gasteiger charge is 2.03. The first-order valence-electron chi connectivity index (χ1n) is 2.23. The van der Waals surface area contributed by atoms with Crippen molar-refractivity contribution in [3.05, 3.63) is 12.1 Å². The molecule has 0 aliphatic carbocycles. The van der Waals surface area contributed by atoms with E-state index in [1.54, 1.807) is 6.92 Å². The van der Waals surface area contributed by atoms with Crippen molar-refractivity contribution in [2.75, 3.05) is 0 Å². The van der Waals surface area contributed by atoms with Gasteiger partial charge >= 0.3 is 0 Å². The Hall–Kier alpha value is -0.680. The molecule has 0 aliphatic heterocycles. The number of hydrogen-bond donors (Lipinski definition) is 1. The van der Waals surface area contributed by atoms with E-state index >= 15 is 0 Å². The number of oxazole rings is 1. The van der Waals surface area contributed by atoms with E-state index in [4.69, 9.17) is 4.55 Å². The van der Waals surface area contributed by atoms with Crippen LogP contribution < -0.4 is 0 Å². The largest absolute Gasteiger partial charge is 0.430 e. The molecule has 0 spiro atoms. The normalized spacial score (nSPS) is 13.6. The summed E-state index contributed by atoms with van der Waals surface area (Å²) >= 11 is -2.04. The predicted molar refractivity (Wildman–Crippen MR) is 30.3 cm³/mol. The van der Waals surface area contributed by atoms with Gasteiger partial charge in [0.25, 0.3) is 0 Å². The zero-order valence-corrected chi connectivity index (χ0v) is 5.51. The summed E-state index contributed by atoms with van der Waals surface area (Å²) in [6.07, 6.45) is 1.23. The summed E-state index contributed by atoms with van der Waals surface area (Å²) in [4.78, 5) is 3.62. The topological polar surface area (TPSA) is 63.3 Å². The second-order valence-electron chi connectivity index (χ2n) is 1.45. The van der Waals surface area contributed by atoms with Crippen LogP contribution in [-0.4, -0.2) is 13.7 Å². The van der Waals surface area contributed by atoms with Gasteiger partial charge in [0.05, 0.1) is 6.20 Å². The third kappa shape index (κ3) is 1.36. The maximum atomic E-state index is 10.2. The fourth-order valence-corrected chi connectivity index (χ4v) is 0.757. The minimum absolute atomic E-state index is 0.00694. The minimum atomic E-state index is -2.04. The standard InChI is InChI=1S/C4H5NO3S/c1-3-5-2-4(8-3)9(6)7/h2H,1H3,(H,6,7). The lowest BCUT2D eigenvalue weighted by molar-refractivity contribution is 0.417. The Morgan fingerprint density at radius 2 is 2.56 bits per heavy atom. The van der Waals surface area contributed by atoms with Crippen LogP contribution in [0.5, 0.6) is 0 Å². The summed E-state index contributed by atoms with van der Waals surface area (Å²) in [7, 11) is 0. The van der Waals surface area contributed by atoms with Gasteiger partial charge in [0, 0.05) is 6.92 Å². The van der Waals surface area contributed by atoms with E-state index in [1.165, 1.54) is 6.20 Å². The molecule has 0 radical (unpaired) electrons. The van der Waals surface area contributed by atoms with Crippen molar-refractivity contribution >= 4 is 11.1 Å². The van der Waals surface area contributed by atoms with Crippen LogP contribution in [0.4, 0.5) is 0 Å². The lowest BCUT2D eigenvalue weighted by Crippen LogP contribution is -1.82. The Balaban J connectivity index is 2.98. The summed E-state index contributed by atoms with van der Waals surface area (Å²) in [5, 5.41) is -0.00694. The van der Waals surface area contributed by atoms with Gasteiger partial charge in [-0.05, 0) is 0 Å². The summed E-state index contributed by atoms with van der Waals surface area (Å²) in [6.45, 7) is 1.61. The van der Waals surface area contributed by atoms with E-state index in [1.807, 2.05) is 0 Å². The van der Waals surface area contributed by atoms with Crippen LogP contribution in [-0.2, 0) is 11.1 Å². The number of nitrogens with zero attached hydrogens (tertiary/aromatic N) is 1. The van der Waals surface area contributed by atoms with Gasteiger partial charge in [0.2, 0.25) is 16.2 Å². The molecule has 1 unspecified atom stereocenters. The van der Waals surface area contributed by atoms with Crippen LogP contribution in [0.25, 0.3) is 0 Å². The Morgan fingerprint density at radius 1 is 1.89 bits per heavy atom. The maximum Gasteiger partial charge on any atom is 0.238 e. The first-order chi connectivity index (χ1) is 4.20. The van der Waals surface area contributed by atoms with Crippen molar-refractivity contribution in [3.63, 3.8) is 0 Å². The molecule has 9 heavy (non-hydrogen) atoms. The highest BCUT2D eigenvalue weighted by atomic mass is 32.2. The molecule has 0 saturated carbocycles. The molecule has 0 aliphatic rings. The fourth-order valence-electron chi connectivity index (χ4n) is 0.423. The predicted octanol–water partition coefficient (Wildman–Crippen LogP) is 0.564. The molecule has 0 fully saturated rings. The smallest absolute Gasteiger partial charge is 0.238 e. The summed E-state index contributed by atoms with van der Waals surface area (Å²) < 4.78 is 23.3. The van der Waals surface area contributed by atoms with Gasteiger partial charge in [0.15, 0.2) is 5.89 Å². The molecule has 1 rings (SSSR count). The van der Waals surface area contributed by atoms with Gasteiger partial charge < -0.3 is 4.42 Å². The monoisotopic (exact) mass is 147 g/mol. The molecule has 5 heteroatoms. The Kier molecular flexibility index (Phi) is 1.63. The second kappa shape index (κ2) is 2.28. The number of hydrogen-bond acceptors (Lipinski definition) is 3. The van der Waals surface area contributed by atoms with E-state index in [9.17, 15) is 4.21 Å². The van der Waals surface area contributed by atoms with Gasteiger partial charge in [0.1, 0.15) is 0 Å². The molecule has 0 aromatic carbocycles. The van der Waals surface area contributed by atoms with Crippen molar-refractivity contribution in [3.8, 4) is 0 Å². The van der Waals surface area contributed by atoms with Crippen molar-refractivity contribution in [1.82, 2.24) is 4.98 Å². The molecule has 1 aromatic heterocycles. The number of rotatable bonds is 1. The Bertz CT molecular complexity index is 231. The van der Waals surface area contributed by atoms with Gasteiger partial charge in [-0.1, -0.05) is 0 Å². The van der Waals surface area contributed by atoms with Gasteiger partial charge in [-0.2, -0.15) is 0 Å². The molecule has 1 heterocycles. The molecular formula is C4H5NO3S. The summed E-state index contributed by atoms with van der Waals surface area (Å²) in [6, 6.07) is 0. The Morgan fingerprint density at radius 3 is 2.78 bits per heavy atom. The average molecular weight is 147 g/mol. The first kappa shape index (κ1) is 6.44. The lowest BCUT2D eigenvalue weighted by atomic mass is 10.8.